The summed E-state index contributed by atoms with van der Waals surface area (Å²) in [5.74, 6) is 0.0462. The quantitative estimate of drug-likeness (QED) is 0.743. The molecule has 0 saturated heterocycles. The maximum absolute atomic E-state index is 12.4. The van der Waals surface area contributed by atoms with Gasteiger partial charge in [-0.15, -0.1) is 0 Å². The van der Waals surface area contributed by atoms with Gasteiger partial charge in [-0.25, -0.2) is 0 Å². The molecule has 4 heteroatoms. The number of benzene rings is 1. The third kappa shape index (κ3) is 2.30. The van der Waals surface area contributed by atoms with Crippen molar-refractivity contribution >= 4 is 33.4 Å². The standard InChI is InChI=1S/C14H17BrClNO/c1-8(14(2,3)4)17-7-9-5-10(15)6-11(16)12(9)13(17)18/h5-6,8H,7H2,1-4H3/t8-/m0/s1. The monoisotopic (exact) mass is 329 g/mol. The Labute approximate surface area is 121 Å². The number of amides is 1. The lowest BCUT2D eigenvalue weighted by Gasteiger charge is -2.35. The van der Waals surface area contributed by atoms with E-state index >= 15 is 0 Å². The fourth-order valence-electron chi connectivity index (χ4n) is 2.17. The predicted molar refractivity (Wildman–Crippen MR) is 77.9 cm³/mol. The zero-order valence-electron chi connectivity index (χ0n) is 11.1. The van der Waals surface area contributed by atoms with Gasteiger partial charge >= 0.3 is 0 Å². The minimum Gasteiger partial charge on any atom is -0.331 e. The van der Waals surface area contributed by atoms with Crippen LogP contribution in [0.1, 0.15) is 43.6 Å². The molecule has 1 heterocycles. The van der Waals surface area contributed by atoms with E-state index in [0.29, 0.717) is 17.1 Å². The Hall–Kier alpha value is -0.540. The van der Waals surface area contributed by atoms with Gasteiger partial charge in [0.1, 0.15) is 0 Å². The molecule has 0 fully saturated rings. The lowest BCUT2D eigenvalue weighted by Crippen LogP contribution is -2.41. The molecular formula is C14H17BrClNO. The number of hydrogen-bond acceptors (Lipinski definition) is 1. The van der Waals surface area contributed by atoms with Crippen LogP contribution >= 0.6 is 27.5 Å². The first-order valence-electron chi connectivity index (χ1n) is 6.00. The van der Waals surface area contributed by atoms with Crippen molar-refractivity contribution in [1.82, 2.24) is 4.90 Å². The van der Waals surface area contributed by atoms with Crippen LogP contribution < -0.4 is 0 Å². The first-order chi connectivity index (χ1) is 8.21. The third-order valence-corrected chi connectivity index (χ3v) is 4.43. The normalized spacial score (nSPS) is 17.0. The summed E-state index contributed by atoms with van der Waals surface area (Å²) in [4.78, 5) is 14.3. The summed E-state index contributed by atoms with van der Waals surface area (Å²) in [7, 11) is 0. The first-order valence-corrected chi connectivity index (χ1v) is 7.18. The summed E-state index contributed by atoms with van der Waals surface area (Å²) in [6.45, 7) is 9.17. The fourth-order valence-corrected chi connectivity index (χ4v) is 3.13. The van der Waals surface area contributed by atoms with Crippen LogP contribution in [0.25, 0.3) is 0 Å². The van der Waals surface area contributed by atoms with E-state index in [9.17, 15) is 4.79 Å². The van der Waals surface area contributed by atoms with Crippen LogP contribution in [0.2, 0.25) is 5.02 Å². The van der Waals surface area contributed by atoms with E-state index in [0.717, 1.165) is 10.0 Å². The highest BCUT2D eigenvalue weighted by Crippen LogP contribution is 2.36. The Bertz CT molecular complexity index is 507. The van der Waals surface area contributed by atoms with Gasteiger partial charge in [-0.2, -0.15) is 0 Å². The van der Waals surface area contributed by atoms with E-state index in [4.69, 9.17) is 11.6 Å². The number of carbonyl (C=O) groups excluding carboxylic acids is 1. The first kappa shape index (κ1) is 13.9. The van der Waals surface area contributed by atoms with Gasteiger partial charge < -0.3 is 4.90 Å². The lowest BCUT2D eigenvalue weighted by molar-refractivity contribution is 0.0579. The van der Waals surface area contributed by atoms with Crippen LogP contribution in [0, 0.1) is 5.41 Å². The summed E-state index contributed by atoms with van der Waals surface area (Å²) in [5, 5.41) is 0.535. The second-order valence-corrected chi connectivity index (χ2v) is 7.22. The topological polar surface area (TPSA) is 20.3 Å². The zero-order valence-corrected chi connectivity index (χ0v) is 13.4. The van der Waals surface area contributed by atoms with Gasteiger partial charge in [-0.1, -0.05) is 48.3 Å². The summed E-state index contributed by atoms with van der Waals surface area (Å²) >= 11 is 9.59. The average molecular weight is 331 g/mol. The number of carbonyl (C=O) groups is 1. The molecule has 1 atom stereocenters. The van der Waals surface area contributed by atoms with Crippen LogP contribution in [-0.4, -0.2) is 16.8 Å². The highest BCUT2D eigenvalue weighted by Gasteiger charge is 2.37. The summed E-state index contributed by atoms with van der Waals surface area (Å²) in [6, 6.07) is 3.94. The van der Waals surface area contributed by atoms with E-state index in [-0.39, 0.29) is 17.4 Å². The summed E-state index contributed by atoms with van der Waals surface area (Å²) < 4.78 is 0.921. The van der Waals surface area contributed by atoms with Crippen molar-refractivity contribution in [2.75, 3.05) is 0 Å². The van der Waals surface area contributed by atoms with Gasteiger partial charge in [-0.05, 0) is 30.0 Å². The van der Waals surface area contributed by atoms with Gasteiger partial charge in [0.2, 0.25) is 0 Å². The van der Waals surface area contributed by atoms with Crippen LogP contribution in [0.3, 0.4) is 0 Å². The smallest absolute Gasteiger partial charge is 0.256 e. The maximum Gasteiger partial charge on any atom is 0.256 e. The highest BCUT2D eigenvalue weighted by molar-refractivity contribution is 9.10. The molecule has 1 aliphatic rings. The van der Waals surface area contributed by atoms with Crippen LogP contribution in [0.5, 0.6) is 0 Å². The molecule has 18 heavy (non-hydrogen) atoms. The lowest BCUT2D eigenvalue weighted by atomic mass is 9.87. The van der Waals surface area contributed by atoms with Crippen molar-refractivity contribution in [2.45, 2.75) is 40.3 Å². The second kappa shape index (κ2) is 4.53. The van der Waals surface area contributed by atoms with Crippen LogP contribution in [-0.2, 0) is 6.54 Å². The van der Waals surface area contributed by atoms with Crippen LogP contribution in [0.4, 0.5) is 0 Å². The Morgan fingerprint density at radius 2 is 2.00 bits per heavy atom. The van der Waals surface area contributed by atoms with Crippen molar-refractivity contribution in [2.24, 2.45) is 5.41 Å². The number of fused-ring (bicyclic) bond motifs is 1. The molecule has 1 aliphatic heterocycles. The van der Waals surface area contributed by atoms with Crippen LogP contribution in [0.15, 0.2) is 16.6 Å². The number of halogens is 2. The van der Waals surface area contributed by atoms with E-state index in [1.54, 1.807) is 6.07 Å². The SMILES string of the molecule is C[C@H](N1Cc2cc(Br)cc(Cl)c2C1=O)C(C)(C)C. The molecule has 0 aromatic heterocycles. The highest BCUT2D eigenvalue weighted by atomic mass is 79.9. The minimum absolute atomic E-state index is 0.0462. The number of hydrogen-bond donors (Lipinski definition) is 0. The van der Waals surface area contributed by atoms with Crippen molar-refractivity contribution in [3.05, 3.63) is 32.8 Å². The van der Waals surface area contributed by atoms with Crippen molar-refractivity contribution in [3.8, 4) is 0 Å². The molecule has 0 saturated carbocycles. The fraction of sp³-hybridized carbons (Fsp3) is 0.500. The van der Waals surface area contributed by atoms with Crippen molar-refractivity contribution in [3.63, 3.8) is 0 Å². The number of rotatable bonds is 1. The van der Waals surface area contributed by atoms with Crippen molar-refractivity contribution in [1.29, 1.82) is 0 Å². The van der Waals surface area contributed by atoms with Gasteiger partial charge in [-0.3, -0.25) is 4.79 Å². The van der Waals surface area contributed by atoms with E-state index < -0.39 is 0 Å². The molecule has 0 spiro atoms. The molecule has 1 aromatic carbocycles. The second-order valence-electron chi connectivity index (χ2n) is 5.90. The van der Waals surface area contributed by atoms with Gasteiger partial charge in [0, 0.05) is 17.1 Å². The third-order valence-electron chi connectivity index (χ3n) is 3.67. The van der Waals surface area contributed by atoms with Gasteiger partial charge in [0.15, 0.2) is 0 Å². The van der Waals surface area contributed by atoms with Gasteiger partial charge in [0.25, 0.3) is 5.91 Å². The minimum atomic E-state index is 0.0462. The summed E-state index contributed by atoms with van der Waals surface area (Å²) in [5.41, 5.74) is 1.73. The predicted octanol–water partition coefficient (Wildman–Crippen LogP) is 4.49. The molecule has 2 nitrogen and oxygen atoms in total. The van der Waals surface area contributed by atoms with Crippen molar-refractivity contribution < 1.29 is 4.79 Å². The molecule has 0 aliphatic carbocycles. The molecule has 0 unspecified atom stereocenters. The van der Waals surface area contributed by atoms with E-state index in [1.807, 2.05) is 11.0 Å². The molecule has 1 amide bonds. The molecule has 2 rings (SSSR count). The Morgan fingerprint density at radius 3 is 2.56 bits per heavy atom. The van der Waals surface area contributed by atoms with Gasteiger partial charge in [0.05, 0.1) is 10.6 Å². The molecule has 0 N–H and O–H groups in total. The Balaban J connectivity index is 2.40. The average Bonchev–Trinajstić information content (AvgIpc) is 2.53. The van der Waals surface area contributed by atoms with E-state index in [1.165, 1.54) is 0 Å². The Morgan fingerprint density at radius 1 is 1.39 bits per heavy atom. The Kier molecular flexibility index (Phi) is 3.50. The molecule has 0 radical (unpaired) electrons. The summed E-state index contributed by atoms with van der Waals surface area (Å²) in [6.07, 6.45) is 0. The maximum atomic E-state index is 12.4. The largest absolute Gasteiger partial charge is 0.331 e. The zero-order chi connectivity index (χ0) is 13.7. The molecule has 98 valence electrons. The molecule has 0 bridgehead atoms. The number of nitrogens with zero attached hydrogens (tertiary/aromatic N) is 1. The molecule has 1 aromatic rings. The van der Waals surface area contributed by atoms with E-state index in [2.05, 4.69) is 43.6 Å². The molecular weight excluding hydrogens is 314 g/mol.